The van der Waals surface area contributed by atoms with Crippen molar-refractivity contribution in [3.63, 3.8) is 0 Å². The summed E-state index contributed by atoms with van der Waals surface area (Å²) < 4.78 is 36.7. The van der Waals surface area contributed by atoms with Gasteiger partial charge >= 0.3 is 5.69 Å². The molecule has 0 bridgehead atoms. The smallest absolute Gasteiger partial charge is 0.258 e. The van der Waals surface area contributed by atoms with Gasteiger partial charge in [-0.1, -0.05) is 0 Å². The second-order valence-corrected chi connectivity index (χ2v) is 3.24. The fraction of sp³-hybridized carbons (Fsp3) is 0.167. The first-order valence-corrected chi connectivity index (χ1v) is 4.30. The summed E-state index contributed by atoms with van der Waals surface area (Å²) in [4.78, 5) is 12.5. The molecule has 0 N–H and O–H groups in total. The molecule has 0 fully saturated rings. The third kappa shape index (κ3) is 2.11. The van der Waals surface area contributed by atoms with Crippen molar-refractivity contribution >= 4 is 28.3 Å². The lowest BCUT2D eigenvalue weighted by Crippen LogP contribution is -2.02. The van der Waals surface area contributed by atoms with E-state index in [1.165, 1.54) is 22.6 Å². The molecular formula is C6H2F3IN2O2. The van der Waals surface area contributed by atoms with E-state index >= 15 is 0 Å². The maximum absolute atomic E-state index is 12.8. The minimum absolute atomic E-state index is 0.260. The van der Waals surface area contributed by atoms with E-state index in [1.54, 1.807) is 0 Å². The summed E-state index contributed by atoms with van der Waals surface area (Å²) in [7, 11) is 0. The van der Waals surface area contributed by atoms with E-state index in [1.807, 2.05) is 0 Å². The van der Waals surface area contributed by atoms with Crippen molar-refractivity contribution in [3.8, 4) is 0 Å². The van der Waals surface area contributed by atoms with Gasteiger partial charge in [-0.2, -0.15) is 0 Å². The fourth-order valence-corrected chi connectivity index (χ4v) is 1.36. The van der Waals surface area contributed by atoms with Gasteiger partial charge in [-0.3, -0.25) is 10.1 Å². The lowest BCUT2D eigenvalue weighted by atomic mass is 10.3. The molecule has 0 saturated carbocycles. The largest absolute Gasteiger partial charge is 0.303 e. The van der Waals surface area contributed by atoms with E-state index in [-0.39, 0.29) is 3.70 Å². The summed E-state index contributed by atoms with van der Waals surface area (Å²) in [6, 6.07) is 0.441. The van der Waals surface area contributed by atoms with Crippen LogP contribution in [-0.2, 0) is 0 Å². The number of pyridine rings is 1. The van der Waals surface area contributed by atoms with Gasteiger partial charge in [0.25, 0.3) is 6.43 Å². The average Bonchev–Trinajstić information content (AvgIpc) is 2.07. The predicted molar refractivity (Wildman–Crippen MR) is 48.5 cm³/mol. The summed E-state index contributed by atoms with van der Waals surface area (Å²) in [5.41, 5.74) is -1.69. The van der Waals surface area contributed by atoms with Gasteiger partial charge in [-0.05, 0) is 22.6 Å². The molecule has 0 amide bonds. The molecule has 0 saturated heterocycles. The zero-order chi connectivity index (χ0) is 10.9. The Balaban J connectivity index is 3.31. The number of nitrogens with zero attached hydrogens (tertiary/aromatic N) is 2. The zero-order valence-corrected chi connectivity index (χ0v) is 8.53. The number of hydrogen-bond donors (Lipinski definition) is 0. The lowest BCUT2D eigenvalue weighted by molar-refractivity contribution is -0.386. The molecule has 0 aliphatic carbocycles. The molecule has 76 valence electrons. The van der Waals surface area contributed by atoms with Crippen LogP contribution >= 0.6 is 22.6 Å². The van der Waals surface area contributed by atoms with E-state index in [2.05, 4.69) is 4.98 Å². The summed E-state index contributed by atoms with van der Waals surface area (Å²) in [5.74, 6) is -1.37. The van der Waals surface area contributed by atoms with Crippen LogP contribution in [0.2, 0.25) is 0 Å². The Labute approximate surface area is 89.4 Å². The standard InChI is InChI=1S/C6H2F3IN2O2/c7-2-1-3(12(13)14)6(10)11-4(2)5(8)9/h1,5H. The van der Waals surface area contributed by atoms with Crippen molar-refractivity contribution in [2.75, 3.05) is 0 Å². The van der Waals surface area contributed by atoms with Crippen LogP contribution in [0, 0.1) is 19.6 Å². The minimum atomic E-state index is -3.08. The van der Waals surface area contributed by atoms with Gasteiger partial charge in [0.15, 0.2) is 9.52 Å². The van der Waals surface area contributed by atoms with Crippen molar-refractivity contribution in [2.24, 2.45) is 0 Å². The Hall–Kier alpha value is -0.930. The van der Waals surface area contributed by atoms with Crippen molar-refractivity contribution in [1.29, 1.82) is 0 Å². The minimum Gasteiger partial charge on any atom is -0.258 e. The van der Waals surface area contributed by atoms with Crippen LogP contribution in [0.5, 0.6) is 0 Å². The number of nitro groups is 1. The molecule has 0 radical (unpaired) electrons. The highest BCUT2D eigenvalue weighted by molar-refractivity contribution is 14.1. The number of halogens is 4. The monoisotopic (exact) mass is 318 g/mol. The number of hydrogen-bond acceptors (Lipinski definition) is 3. The SMILES string of the molecule is O=[N+]([O-])c1cc(F)c(C(F)F)nc1I. The first-order valence-electron chi connectivity index (χ1n) is 3.22. The number of alkyl halides is 2. The molecule has 8 heteroatoms. The number of aromatic nitrogens is 1. The van der Waals surface area contributed by atoms with Crippen LogP contribution in [0.4, 0.5) is 18.9 Å². The van der Waals surface area contributed by atoms with Gasteiger partial charge in [0.2, 0.25) is 0 Å². The predicted octanol–water partition coefficient (Wildman–Crippen LogP) is 2.67. The highest BCUT2D eigenvalue weighted by Gasteiger charge is 2.22. The molecule has 1 rings (SSSR count). The highest BCUT2D eigenvalue weighted by atomic mass is 127. The van der Waals surface area contributed by atoms with Crippen molar-refractivity contribution in [3.05, 3.63) is 31.4 Å². The molecule has 0 spiro atoms. The van der Waals surface area contributed by atoms with Crippen LogP contribution in [-0.4, -0.2) is 9.91 Å². The normalized spacial score (nSPS) is 10.6. The van der Waals surface area contributed by atoms with Gasteiger partial charge < -0.3 is 0 Å². The first-order chi connectivity index (χ1) is 6.43. The van der Waals surface area contributed by atoms with E-state index < -0.39 is 28.5 Å². The van der Waals surface area contributed by atoms with E-state index in [9.17, 15) is 23.3 Å². The zero-order valence-electron chi connectivity index (χ0n) is 6.38. The Morgan fingerprint density at radius 3 is 2.57 bits per heavy atom. The summed E-state index contributed by atoms with van der Waals surface area (Å²) >= 11 is 1.40. The fourth-order valence-electron chi connectivity index (χ4n) is 0.751. The van der Waals surface area contributed by atoms with Crippen LogP contribution in [0.25, 0.3) is 0 Å². The van der Waals surface area contributed by atoms with Gasteiger partial charge in [-0.15, -0.1) is 0 Å². The molecular weight excluding hydrogens is 316 g/mol. The molecule has 1 aromatic rings. The lowest BCUT2D eigenvalue weighted by Gasteiger charge is -2.01. The van der Waals surface area contributed by atoms with Crippen molar-refractivity contribution < 1.29 is 18.1 Å². The topological polar surface area (TPSA) is 56.0 Å². The molecule has 0 aliphatic heterocycles. The summed E-state index contributed by atoms with van der Waals surface area (Å²) in [5, 5.41) is 10.3. The summed E-state index contributed by atoms with van der Waals surface area (Å²) in [6.45, 7) is 0. The average molecular weight is 318 g/mol. The quantitative estimate of drug-likeness (QED) is 0.365. The molecule has 4 nitrogen and oxygen atoms in total. The third-order valence-electron chi connectivity index (χ3n) is 1.34. The van der Waals surface area contributed by atoms with Crippen LogP contribution in [0.15, 0.2) is 6.07 Å². The highest BCUT2D eigenvalue weighted by Crippen LogP contribution is 2.26. The molecule has 14 heavy (non-hydrogen) atoms. The maximum Gasteiger partial charge on any atom is 0.303 e. The molecule has 0 unspecified atom stereocenters. The molecule has 0 aromatic carbocycles. The van der Waals surface area contributed by atoms with Gasteiger partial charge in [0, 0.05) is 0 Å². The van der Waals surface area contributed by atoms with Crippen LogP contribution in [0.3, 0.4) is 0 Å². The van der Waals surface area contributed by atoms with Crippen molar-refractivity contribution in [2.45, 2.75) is 6.43 Å². The first kappa shape index (κ1) is 11.1. The van der Waals surface area contributed by atoms with E-state index in [0.717, 1.165) is 0 Å². The van der Waals surface area contributed by atoms with Gasteiger partial charge in [0.1, 0.15) is 5.69 Å². The molecule has 0 aliphatic rings. The summed E-state index contributed by atoms with van der Waals surface area (Å²) in [6.07, 6.45) is -3.08. The number of rotatable bonds is 2. The van der Waals surface area contributed by atoms with Gasteiger partial charge in [-0.25, -0.2) is 18.2 Å². The second kappa shape index (κ2) is 4.07. The molecule has 1 heterocycles. The Bertz CT molecular complexity index is 386. The second-order valence-electron chi connectivity index (χ2n) is 2.22. The Morgan fingerprint density at radius 1 is 1.57 bits per heavy atom. The third-order valence-corrected chi connectivity index (χ3v) is 2.14. The van der Waals surface area contributed by atoms with E-state index in [0.29, 0.717) is 6.07 Å². The van der Waals surface area contributed by atoms with Crippen molar-refractivity contribution in [1.82, 2.24) is 4.98 Å². The molecule has 0 atom stereocenters. The maximum atomic E-state index is 12.8. The molecule has 1 aromatic heterocycles. The van der Waals surface area contributed by atoms with Crippen LogP contribution in [0.1, 0.15) is 12.1 Å². The van der Waals surface area contributed by atoms with Gasteiger partial charge in [0.05, 0.1) is 11.0 Å². The Kier molecular flexibility index (Phi) is 3.24. The Morgan fingerprint density at radius 2 is 2.14 bits per heavy atom. The van der Waals surface area contributed by atoms with Crippen LogP contribution < -0.4 is 0 Å². The van der Waals surface area contributed by atoms with E-state index in [4.69, 9.17) is 0 Å².